The van der Waals surface area contributed by atoms with E-state index in [1.165, 1.54) is 0 Å². The largest absolute Gasteiger partial charge is 0.439 e. The second-order valence-corrected chi connectivity index (χ2v) is 5.49. The number of aromatic amines is 1. The Morgan fingerprint density at radius 3 is 2.79 bits per heavy atom. The van der Waals surface area contributed by atoms with E-state index in [1.54, 1.807) is 36.7 Å². The third-order valence-electron chi connectivity index (χ3n) is 3.90. The third-order valence-corrected chi connectivity index (χ3v) is 3.90. The number of cyclic esters (lactones) is 1. The molecule has 1 unspecified atom stereocenters. The molecule has 1 aliphatic rings. The second-order valence-electron chi connectivity index (χ2n) is 5.49. The molecule has 4 rings (SSSR count). The standard InChI is InChI=1S/C17H14N4O3/c22-16(11-3-6-13-14(7-11)20-9-19-13)21-12-4-1-10(2-5-12)15-8-18-17(23)24-15/h1-7,9,15H,8H2,(H,18,23)(H,19,20)(H,21,22). The maximum Gasteiger partial charge on any atom is 0.407 e. The van der Waals surface area contributed by atoms with Gasteiger partial charge in [-0.15, -0.1) is 0 Å². The lowest BCUT2D eigenvalue weighted by molar-refractivity contribution is 0.102. The molecule has 0 radical (unpaired) electrons. The van der Waals surface area contributed by atoms with Crippen LogP contribution in [0.1, 0.15) is 22.0 Å². The fraction of sp³-hybridized carbons (Fsp3) is 0.118. The normalized spacial score (nSPS) is 16.7. The summed E-state index contributed by atoms with van der Waals surface area (Å²) in [5.74, 6) is -0.201. The van der Waals surface area contributed by atoms with E-state index >= 15 is 0 Å². The Hall–Kier alpha value is -3.35. The summed E-state index contributed by atoms with van der Waals surface area (Å²) in [6.45, 7) is 0.453. The molecule has 1 aromatic heterocycles. The molecule has 0 spiro atoms. The van der Waals surface area contributed by atoms with E-state index in [9.17, 15) is 9.59 Å². The molecule has 2 heterocycles. The number of carbonyl (C=O) groups excluding carboxylic acids is 2. The number of nitrogens with one attached hydrogen (secondary N) is 3. The second kappa shape index (κ2) is 5.69. The smallest absolute Gasteiger partial charge is 0.407 e. The summed E-state index contributed by atoms with van der Waals surface area (Å²) in [5, 5.41) is 5.45. The van der Waals surface area contributed by atoms with E-state index in [2.05, 4.69) is 20.6 Å². The van der Waals surface area contributed by atoms with Crippen molar-refractivity contribution < 1.29 is 14.3 Å². The average Bonchev–Trinajstić information content (AvgIpc) is 3.23. The third kappa shape index (κ3) is 2.67. The number of benzene rings is 2. The monoisotopic (exact) mass is 322 g/mol. The predicted molar refractivity (Wildman–Crippen MR) is 87.7 cm³/mol. The van der Waals surface area contributed by atoms with Crippen LogP contribution in [0.2, 0.25) is 0 Å². The molecular weight excluding hydrogens is 308 g/mol. The van der Waals surface area contributed by atoms with Gasteiger partial charge in [-0.1, -0.05) is 12.1 Å². The van der Waals surface area contributed by atoms with Crippen LogP contribution in [0.5, 0.6) is 0 Å². The molecule has 0 aliphatic carbocycles. The molecule has 1 aliphatic heterocycles. The zero-order valence-electron chi connectivity index (χ0n) is 12.6. The van der Waals surface area contributed by atoms with Gasteiger partial charge in [-0.25, -0.2) is 9.78 Å². The Labute approximate surface area is 137 Å². The van der Waals surface area contributed by atoms with Crippen LogP contribution in [0, 0.1) is 0 Å². The minimum atomic E-state index is -0.411. The Morgan fingerprint density at radius 1 is 1.21 bits per heavy atom. The summed E-state index contributed by atoms with van der Waals surface area (Å²) in [7, 11) is 0. The van der Waals surface area contributed by atoms with Crippen molar-refractivity contribution in [2.75, 3.05) is 11.9 Å². The minimum Gasteiger partial charge on any atom is -0.439 e. The number of rotatable bonds is 3. The maximum absolute atomic E-state index is 12.3. The van der Waals surface area contributed by atoms with E-state index in [-0.39, 0.29) is 12.0 Å². The first kappa shape index (κ1) is 14.3. The first-order chi connectivity index (χ1) is 11.7. The van der Waals surface area contributed by atoms with Crippen molar-refractivity contribution >= 4 is 28.7 Å². The fourth-order valence-corrected chi connectivity index (χ4v) is 2.64. The molecular formula is C17H14N4O3. The molecule has 1 fully saturated rings. The number of hydrogen-bond donors (Lipinski definition) is 3. The topological polar surface area (TPSA) is 96.1 Å². The lowest BCUT2D eigenvalue weighted by Crippen LogP contribution is -2.12. The van der Waals surface area contributed by atoms with Crippen molar-refractivity contribution in [1.82, 2.24) is 15.3 Å². The lowest BCUT2D eigenvalue weighted by Gasteiger charge is -2.10. The molecule has 0 bridgehead atoms. The van der Waals surface area contributed by atoms with Gasteiger partial charge in [0.05, 0.1) is 23.9 Å². The molecule has 1 atom stereocenters. The van der Waals surface area contributed by atoms with E-state index in [0.717, 1.165) is 16.6 Å². The number of imidazole rings is 1. The first-order valence-electron chi connectivity index (χ1n) is 7.48. The predicted octanol–water partition coefficient (Wildman–Crippen LogP) is 2.60. The number of anilines is 1. The fourth-order valence-electron chi connectivity index (χ4n) is 2.64. The van der Waals surface area contributed by atoms with Crippen LogP contribution in [0.3, 0.4) is 0 Å². The van der Waals surface area contributed by atoms with Crippen LogP contribution in [-0.4, -0.2) is 28.5 Å². The van der Waals surface area contributed by atoms with Crippen LogP contribution in [0.25, 0.3) is 11.0 Å². The molecule has 0 saturated carbocycles. The van der Waals surface area contributed by atoms with E-state index < -0.39 is 6.09 Å². The lowest BCUT2D eigenvalue weighted by atomic mass is 10.1. The van der Waals surface area contributed by atoms with Crippen LogP contribution >= 0.6 is 0 Å². The van der Waals surface area contributed by atoms with E-state index in [4.69, 9.17) is 4.74 Å². The molecule has 120 valence electrons. The van der Waals surface area contributed by atoms with Crippen molar-refractivity contribution in [2.45, 2.75) is 6.10 Å². The number of alkyl carbamates (subject to hydrolysis) is 1. The van der Waals surface area contributed by atoms with Gasteiger partial charge in [-0.2, -0.15) is 0 Å². The number of carbonyl (C=O) groups is 2. The SMILES string of the molecule is O=C1NCC(c2ccc(NC(=O)c3ccc4nc[nH]c4c3)cc2)O1. The Balaban J connectivity index is 1.48. The molecule has 2 amide bonds. The number of nitrogens with zero attached hydrogens (tertiary/aromatic N) is 1. The summed E-state index contributed by atoms with van der Waals surface area (Å²) in [6, 6.07) is 12.5. The first-order valence-corrected chi connectivity index (χ1v) is 7.48. The van der Waals surface area contributed by atoms with Gasteiger partial charge in [0, 0.05) is 11.3 Å². The zero-order chi connectivity index (χ0) is 16.5. The quantitative estimate of drug-likeness (QED) is 0.690. The van der Waals surface area contributed by atoms with E-state index in [0.29, 0.717) is 17.8 Å². The molecule has 3 N–H and O–H groups in total. The number of ether oxygens (including phenoxy) is 1. The summed E-state index contributed by atoms with van der Waals surface area (Å²) >= 11 is 0. The molecule has 2 aromatic carbocycles. The average molecular weight is 322 g/mol. The Morgan fingerprint density at radius 2 is 2.04 bits per heavy atom. The van der Waals surface area contributed by atoms with Gasteiger partial charge >= 0.3 is 6.09 Å². The molecule has 7 nitrogen and oxygen atoms in total. The van der Waals surface area contributed by atoms with Gasteiger partial charge in [-0.05, 0) is 35.9 Å². The molecule has 7 heteroatoms. The molecule has 24 heavy (non-hydrogen) atoms. The zero-order valence-corrected chi connectivity index (χ0v) is 12.6. The van der Waals surface area contributed by atoms with Gasteiger partial charge in [0.2, 0.25) is 0 Å². The van der Waals surface area contributed by atoms with Gasteiger partial charge in [0.15, 0.2) is 0 Å². The highest BCUT2D eigenvalue weighted by molar-refractivity contribution is 6.05. The van der Waals surface area contributed by atoms with Crippen molar-refractivity contribution in [3.8, 4) is 0 Å². The Bertz CT molecular complexity index is 917. The van der Waals surface area contributed by atoms with Crippen LogP contribution < -0.4 is 10.6 Å². The van der Waals surface area contributed by atoms with E-state index in [1.807, 2.05) is 12.1 Å². The number of fused-ring (bicyclic) bond motifs is 1. The number of hydrogen-bond acceptors (Lipinski definition) is 4. The van der Waals surface area contributed by atoms with Crippen molar-refractivity contribution in [2.24, 2.45) is 0 Å². The number of aromatic nitrogens is 2. The van der Waals surface area contributed by atoms with Gasteiger partial charge in [0.1, 0.15) is 6.10 Å². The van der Waals surface area contributed by atoms with Crippen LogP contribution in [0.4, 0.5) is 10.5 Å². The van der Waals surface area contributed by atoms with Crippen molar-refractivity contribution in [1.29, 1.82) is 0 Å². The highest BCUT2D eigenvalue weighted by atomic mass is 16.6. The van der Waals surface area contributed by atoms with Crippen molar-refractivity contribution in [3.63, 3.8) is 0 Å². The number of amides is 2. The highest BCUT2D eigenvalue weighted by Gasteiger charge is 2.23. The van der Waals surface area contributed by atoms with Gasteiger partial charge < -0.3 is 20.4 Å². The molecule has 1 saturated heterocycles. The molecule has 3 aromatic rings. The van der Waals surface area contributed by atoms with Gasteiger partial charge in [-0.3, -0.25) is 4.79 Å². The number of H-pyrrole nitrogens is 1. The highest BCUT2D eigenvalue weighted by Crippen LogP contribution is 2.22. The van der Waals surface area contributed by atoms with Gasteiger partial charge in [0.25, 0.3) is 5.91 Å². The Kier molecular flexibility index (Phi) is 3.38. The summed E-state index contributed by atoms with van der Waals surface area (Å²) < 4.78 is 5.12. The van der Waals surface area contributed by atoms with Crippen LogP contribution in [-0.2, 0) is 4.74 Å². The summed E-state index contributed by atoms with van der Waals surface area (Å²) in [4.78, 5) is 30.5. The van der Waals surface area contributed by atoms with Crippen LogP contribution in [0.15, 0.2) is 48.8 Å². The summed E-state index contributed by atoms with van der Waals surface area (Å²) in [5.41, 5.74) is 3.73. The maximum atomic E-state index is 12.3. The minimum absolute atomic E-state index is 0.201. The van der Waals surface area contributed by atoms with Crippen molar-refractivity contribution in [3.05, 3.63) is 59.9 Å². The summed E-state index contributed by atoms with van der Waals surface area (Å²) in [6.07, 6.45) is 0.895.